The molecule has 2 aliphatic heterocycles. The van der Waals surface area contributed by atoms with Crippen LogP contribution in [0.3, 0.4) is 0 Å². The second-order valence-corrected chi connectivity index (χ2v) is 7.47. The van der Waals surface area contributed by atoms with Crippen molar-refractivity contribution in [2.75, 3.05) is 38.2 Å². The minimum atomic E-state index is 0.255. The van der Waals surface area contributed by atoms with E-state index in [1.165, 1.54) is 0 Å². The number of rotatable bonds is 2. The van der Waals surface area contributed by atoms with Crippen molar-refractivity contribution in [3.8, 4) is 17.0 Å². The Kier molecular flexibility index (Phi) is 4.54. The van der Waals surface area contributed by atoms with Crippen molar-refractivity contribution in [2.24, 2.45) is 0 Å². The summed E-state index contributed by atoms with van der Waals surface area (Å²) in [5.74, 6) is 1.14. The largest absolute Gasteiger partial charge is 0.507 e. The molecular weight excluding hydrogens is 328 g/mol. The minimum Gasteiger partial charge on any atom is -0.507 e. The third-order valence-corrected chi connectivity index (χ3v) is 5.45. The summed E-state index contributed by atoms with van der Waals surface area (Å²) in [6.07, 6.45) is 1.32. The van der Waals surface area contributed by atoms with Crippen molar-refractivity contribution in [3.63, 3.8) is 0 Å². The van der Waals surface area contributed by atoms with E-state index < -0.39 is 0 Å². The number of piperidine rings is 1. The van der Waals surface area contributed by atoms with Crippen LogP contribution in [0, 0.1) is 13.8 Å². The predicted molar refractivity (Wildman–Crippen MR) is 102 cm³/mol. The van der Waals surface area contributed by atoms with E-state index in [9.17, 15) is 5.11 Å². The zero-order valence-corrected chi connectivity index (χ0v) is 15.6. The van der Waals surface area contributed by atoms with Crippen molar-refractivity contribution >= 4 is 5.82 Å². The number of anilines is 1. The lowest BCUT2D eigenvalue weighted by Gasteiger charge is -2.46. The van der Waals surface area contributed by atoms with E-state index in [-0.39, 0.29) is 11.9 Å². The number of aromatic nitrogens is 2. The van der Waals surface area contributed by atoms with Crippen LogP contribution in [-0.2, 0) is 4.74 Å². The van der Waals surface area contributed by atoms with Crippen molar-refractivity contribution in [1.29, 1.82) is 0 Å². The van der Waals surface area contributed by atoms with Gasteiger partial charge in [-0.1, -0.05) is 6.07 Å². The molecule has 0 aliphatic carbocycles. The molecule has 0 spiro atoms. The van der Waals surface area contributed by atoms with E-state index in [0.717, 1.165) is 55.2 Å². The Bertz CT molecular complexity index is 770. The van der Waals surface area contributed by atoms with Gasteiger partial charge in [0, 0.05) is 25.2 Å². The Morgan fingerprint density at radius 1 is 1.15 bits per heavy atom. The molecule has 0 saturated carbocycles. The Morgan fingerprint density at radius 3 is 2.73 bits per heavy atom. The van der Waals surface area contributed by atoms with Gasteiger partial charge in [-0.25, -0.2) is 0 Å². The molecule has 3 heterocycles. The number of hydrogen-bond donors (Lipinski definition) is 1. The normalized spacial score (nSPS) is 23.7. The van der Waals surface area contributed by atoms with Gasteiger partial charge in [0.1, 0.15) is 5.75 Å². The molecular formula is C20H26N4O2. The van der Waals surface area contributed by atoms with Gasteiger partial charge in [0.15, 0.2) is 5.82 Å². The Balaban J connectivity index is 1.62. The van der Waals surface area contributed by atoms with Gasteiger partial charge in [-0.2, -0.15) is 0 Å². The first-order valence-corrected chi connectivity index (χ1v) is 9.24. The summed E-state index contributed by atoms with van der Waals surface area (Å²) >= 11 is 0. The van der Waals surface area contributed by atoms with Crippen LogP contribution < -0.4 is 4.90 Å². The Labute approximate surface area is 154 Å². The van der Waals surface area contributed by atoms with Crippen LogP contribution in [0.1, 0.15) is 17.5 Å². The number of nitrogens with zero attached hydrogens (tertiary/aromatic N) is 4. The number of likely N-dealkylation sites (tertiary alicyclic amines) is 1. The van der Waals surface area contributed by atoms with Gasteiger partial charge in [0.2, 0.25) is 0 Å². The first-order chi connectivity index (χ1) is 12.5. The van der Waals surface area contributed by atoms with Crippen LogP contribution in [0.2, 0.25) is 0 Å². The highest BCUT2D eigenvalue weighted by molar-refractivity contribution is 5.71. The second kappa shape index (κ2) is 6.85. The zero-order chi connectivity index (χ0) is 18.3. The van der Waals surface area contributed by atoms with Crippen LogP contribution in [0.5, 0.6) is 5.75 Å². The van der Waals surface area contributed by atoms with E-state index in [0.29, 0.717) is 11.7 Å². The molecule has 2 saturated heterocycles. The lowest BCUT2D eigenvalue weighted by molar-refractivity contribution is -0.0246. The molecule has 2 atom stereocenters. The summed E-state index contributed by atoms with van der Waals surface area (Å²) in [4.78, 5) is 4.67. The second-order valence-electron chi connectivity index (χ2n) is 7.47. The first kappa shape index (κ1) is 17.2. The standard InChI is InChI=1S/C20H26N4O2/c1-13-10-14(2)20(17(25)11-13)15-4-5-19(22-21-15)24-8-9-26-18-6-7-23(3)12-16(18)24/h4-5,10-11,16,18,25H,6-9,12H2,1-3H3/t16-,18+/m0/s1. The molecule has 1 aromatic heterocycles. The van der Waals surface area contributed by atoms with Crippen LogP contribution in [0.25, 0.3) is 11.3 Å². The monoisotopic (exact) mass is 354 g/mol. The summed E-state index contributed by atoms with van der Waals surface area (Å²) < 4.78 is 5.97. The van der Waals surface area contributed by atoms with Gasteiger partial charge in [0.25, 0.3) is 0 Å². The van der Waals surface area contributed by atoms with E-state index in [1.54, 1.807) is 6.07 Å². The lowest BCUT2D eigenvalue weighted by Crippen LogP contribution is -2.59. The first-order valence-electron chi connectivity index (χ1n) is 9.24. The number of aromatic hydroxyl groups is 1. The third-order valence-electron chi connectivity index (χ3n) is 5.45. The molecule has 0 bridgehead atoms. The van der Waals surface area contributed by atoms with Crippen LogP contribution >= 0.6 is 0 Å². The maximum atomic E-state index is 10.3. The fourth-order valence-corrected chi connectivity index (χ4v) is 4.20. The van der Waals surface area contributed by atoms with Crippen molar-refractivity contribution in [2.45, 2.75) is 32.4 Å². The van der Waals surface area contributed by atoms with Crippen LogP contribution in [-0.4, -0.2) is 65.6 Å². The maximum absolute atomic E-state index is 10.3. The molecule has 2 fully saturated rings. The van der Waals surface area contributed by atoms with Gasteiger partial charge in [0.05, 0.1) is 24.4 Å². The van der Waals surface area contributed by atoms with Gasteiger partial charge in [-0.15, -0.1) is 10.2 Å². The zero-order valence-electron chi connectivity index (χ0n) is 15.6. The smallest absolute Gasteiger partial charge is 0.151 e. The number of fused-ring (bicyclic) bond motifs is 1. The van der Waals surface area contributed by atoms with E-state index in [1.807, 2.05) is 26.0 Å². The molecule has 2 aromatic rings. The molecule has 138 valence electrons. The van der Waals surface area contributed by atoms with Gasteiger partial charge >= 0.3 is 0 Å². The van der Waals surface area contributed by atoms with E-state index in [4.69, 9.17) is 4.74 Å². The highest BCUT2D eigenvalue weighted by atomic mass is 16.5. The summed E-state index contributed by atoms with van der Waals surface area (Å²) in [6, 6.07) is 8.10. The molecule has 0 radical (unpaired) electrons. The summed E-state index contributed by atoms with van der Waals surface area (Å²) in [6.45, 7) is 7.57. The molecule has 26 heavy (non-hydrogen) atoms. The molecule has 2 aliphatic rings. The average molecular weight is 354 g/mol. The van der Waals surface area contributed by atoms with Gasteiger partial charge < -0.3 is 19.6 Å². The fraction of sp³-hybridized carbons (Fsp3) is 0.500. The number of aryl methyl sites for hydroxylation is 2. The fourth-order valence-electron chi connectivity index (χ4n) is 4.20. The topological polar surface area (TPSA) is 61.7 Å². The molecule has 6 nitrogen and oxygen atoms in total. The quantitative estimate of drug-likeness (QED) is 0.893. The number of phenolic OH excluding ortho intramolecular Hbond substituents is 1. The predicted octanol–water partition coefficient (Wildman–Crippen LogP) is 2.38. The van der Waals surface area contributed by atoms with E-state index in [2.05, 4.69) is 33.1 Å². The van der Waals surface area contributed by atoms with E-state index >= 15 is 0 Å². The highest BCUT2D eigenvalue weighted by Crippen LogP contribution is 2.33. The Hall–Kier alpha value is -2.18. The molecule has 6 heteroatoms. The summed E-state index contributed by atoms with van der Waals surface area (Å²) in [5.41, 5.74) is 3.50. The molecule has 0 unspecified atom stereocenters. The molecule has 4 rings (SSSR count). The number of phenols is 1. The number of hydrogen-bond acceptors (Lipinski definition) is 6. The van der Waals surface area contributed by atoms with Crippen LogP contribution in [0.4, 0.5) is 5.82 Å². The van der Waals surface area contributed by atoms with Crippen molar-refractivity contribution in [1.82, 2.24) is 15.1 Å². The Morgan fingerprint density at radius 2 is 2.00 bits per heavy atom. The minimum absolute atomic E-state index is 0.255. The average Bonchev–Trinajstić information content (AvgIpc) is 2.61. The number of morpholine rings is 1. The summed E-state index contributed by atoms with van der Waals surface area (Å²) in [5, 5.41) is 19.2. The highest BCUT2D eigenvalue weighted by Gasteiger charge is 2.36. The molecule has 1 N–H and O–H groups in total. The van der Waals surface area contributed by atoms with Gasteiger partial charge in [-0.05, 0) is 56.6 Å². The van der Waals surface area contributed by atoms with Crippen LogP contribution in [0.15, 0.2) is 24.3 Å². The number of benzene rings is 1. The molecule has 0 amide bonds. The van der Waals surface area contributed by atoms with Crippen molar-refractivity contribution < 1.29 is 9.84 Å². The van der Waals surface area contributed by atoms with Gasteiger partial charge in [-0.3, -0.25) is 0 Å². The third kappa shape index (κ3) is 3.15. The lowest BCUT2D eigenvalue weighted by atomic mass is 9.99. The number of ether oxygens (including phenoxy) is 1. The molecule has 1 aromatic carbocycles. The maximum Gasteiger partial charge on any atom is 0.151 e. The summed E-state index contributed by atoms with van der Waals surface area (Å²) in [7, 11) is 2.15. The SMILES string of the molecule is Cc1cc(C)c(-c2ccc(N3CCO[C@@H]4CCN(C)C[C@@H]43)nn2)c(O)c1. The van der Waals surface area contributed by atoms with Crippen molar-refractivity contribution in [3.05, 3.63) is 35.4 Å². The number of likely N-dealkylation sites (N-methyl/N-ethyl adjacent to an activating group) is 1.